The van der Waals surface area contributed by atoms with Gasteiger partial charge in [0.25, 0.3) is 0 Å². The van der Waals surface area contributed by atoms with Crippen molar-refractivity contribution in [3.05, 3.63) is 77.9 Å². The third-order valence-electron chi connectivity index (χ3n) is 3.43. The van der Waals surface area contributed by atoms with Crippen molar-refractivity contribution >= 4 is 10.8 Å². The number of benzene rings is 3. The normalized spacial score (nSPS) is 10.7. The third-order valence-corrected chi connectivity index (χ3v) is 3.43. The summed E-state index contributed by atoms with van der Waals surface area (Å²) in [6.07, 6.45) is 0. The average Bonchev–Trinajstić information content (AvgIpc) is 2.53. The Hall–Kier alpha value is -2.32. The summed E-state index contributed by atoms with van der Waals surface area (Å²) < 4.78 is 5.86. The molecule has 0 spiro atoms. The van der Waals surface area contributed by atoms with Crippen LogP contribution in [-0.4, -0.2) is 0 Å². The molecule has 2 N–H and O–H groups in total. The lowest BCUT2D eigenvalue weighted by Crippen LogP contribution is -1.98. The van der Waals surface area contributed by atoms with E-state index in [-0.39, 0.29) is 0 Å². The Labute approximate surface area is 118 Å². The summed E-state index contributed by atoms with van der Waals surface area (Å²) in [4.78, 5) is 0. The van der Waals surface area contributed by atoms with Crippen LogP contribution in [0.1, 0.15) is 11.1 Å². The maximum atomic E-state index is 5.86. The first-order valence-electron chi connectivity index (χ1n) is 6.75. The van der Waals surface area contributed by atoms with Gasteiger partial charge < -0.3 is 10.5 Å². The average molecular weight is 263 g/mol. The number of ether oxygens (including phenoxy) is 1. The lowest BCUT2D eigenvalue weighted by molar-refractivity contribution is 0.307. The zero-order chi connectivity index (χ0) is 13.8. The van der Waals surface area contributed by atoms with Crippen LogP contribution < -0.4 is 10.5 Å². The van der Waals surface area contributed by atoms with E-state index in [9.17, 15) is 0 Å². The highest BCUT2D eigenvalue weighted by Gasteiger charge is 2.01. The van der Waals surface area contributed by atoms with Gasteiger partial charge in [-0.3, -0.25) is 0 Å². The molecule has 3 rings (SSSR count). The summed E-state index contributed by atoms with van der Waals surface area (Å²) in [5, 5.41) is 2.49. The van der Waals surface area contributed by atoms with Crippen molar-refractivity contribution in [2.75, 3.05) is 0 Å². The number of fused-ring (bicyclic) bond motifs is 1. The SMILES string of the molecule is NCc1ccc(OCc2cccc3ccccc23)cc1. The van der Waals surface area contributed by atoms with Crippen molar-refractivity contribution in [1.29, 1.82) is 0 Å². The molecule has 0 saturated heterocycles. The molecule has 0 atom stereocenters. The molecule has 0 aliphatic heterocycles. The highest BCUT2D eigenvalue weighted by Crippen LogP contribution is 2.20. The van der Waals surface area contributed by atoms with Gasteiger partial charge in [0.1, 0.15) is 12.4 Å². The van der Waals surface area contributed by atoms with E-state index >= 15 is 0 Å². The van der Waals surface area contributed by atoms with Gasteiger partial charge in [-0.1, -0.05) is 54.6 Å². The highest BCUT2D eigenvalue weighted by atomic mass is 16.5. The molecule has 0 fully saturated rings. The Bertz CT molecular complexity index is 699. The van der Waals surface area contributed by atoms with Gasteiger partial charge in [-0.25, -0.2) is 0 Å². The molecule has 0 heterocycles. The van der Waals surface area contributed by atoms with Crippen molar-refractivity contribution in [3.8, 4) is 5.75 Å². The molecule has 100 valence electrons. The molecule has 2 heteroatoms. The number of rotatable bonds is 4. The second-order valence-electron chi connectivity index (χ2n) is 4.78. The molecular weight excluding hydrogens is 246 g/mol. The maximum Gasteiger partial charge on any atom is 0.119 e. The minimum Gasteiger partial charge on any atom is -0.489 e. The van der Waals surface area contributed by atoms with Crippen molar-refractivity contribution < 1.29 is 4.74 Å². The van der Waals surface area contributed by atoms with E-state index in [1.165, 1.54) is 16.3 Å². The van der Waals surface area contributed by atoms with Gasteiger partial charge in [0, 0.05) is 6.54 Å². The second-order valence-corrected chi connectivity index (χ2v) is 4.78. The molecule has 0 amide bonds. The van der Waals surface area contributed by atoms with E-state index in [1.54, 1.807) is 0 Å². The van der Waals surface area contributed by atoms with Crippen LogP contribution >= 0.6 is 0 Å². The summed E-state index contributed by atoms with van der Waals surface area (Å²) >= 11 is 0. The van der Waals surface area contributed by atoms with Crippen LogP contribution in [0.2, 0.25) is 0 Å². The fraction of sp³-hybridized carbons (Fsp3) is 0.111. The van der Waals surface area contributed by atoms with Crippen LogP contribution in [0.3, 0.4) is 0 Å². The van der Waals surface area contributed by atoms with Crippen molar-refractivity contribution in [2.24, 2.45) is 5.73 Å². The monoisotopic (exact) mass is 263 g/mol. The van der Waals surface area contributed by atoms with Crippen molar-refractivity contribution in [3.63, 3.8) is 0 Å². The quantitative estimate of drug-likeness (QED) is 0.775. The van der Waals surface area contributed by atoms with E-state index in [1.807, 2.05) is 24.3 Å². The molecule has 0 bridgehead atoms. The summed E-state index contributed by atoms with van der Waals surface area (Å²) in [6, 6.07) is 22.6. The topological polar surface area (TPSA) is 35.2 Å². The van der Waals surface area contributed by atoms with E-state index in [4.69, 9.17) is 10.5 Å². The van der Waals surface area contributed by atoms with Gasteiger partial charge in [-0.2, -0.15) is 0 Å². The van der Waals surface area contributed by atoms with E-state index < -0.39 is 0 Å². The molecular formula is C18H17NO. The second kappa shape index (κ2) is 5.76. The predicted octanol–water partition coefficient (Wildman–Crippen LogP) is 3.88. The molecule has 0 aromatic heterocycles. The fourth-order valence-corrected chi connectivity index (χ4v) is 2.30. The van der Waals surface area contributed by atoms with Gasteiger partial charge in [0.2, 0.25) is 0 Å². The van der Waals surface area contributed by atoms with Crippen molar-refractivity contribution in [1.82, 2.24) is 0 Å². The molecule has 0 radical (unpaired) electrons. The Morgan fingerprint density at radius 3 is 2.35 bits per heavy atom. The largest absolute Gasteiger partial charge is 0.489 e. The zero-order valence-electron chi connectivity index (χ0n) is 11.3. The number of nitrogens with two attached hydrogens (primary N) is 1. The molecule has 20 heavy (non-hydrogen) atoms. The molecule has 3 aromatic rings. The van der Waals surface area contributed by atoms with E-state index in [2.05, 4.69) is 42.5 Å². The summed E-state index contributed by atoms with van der Waals surface area (Å²) in [5.74, 6) is 0.870. The fourth-order valence-electron chi connectivity index (χ4n) is 2.30. The molecule has 3 aromatic carbocycles. The third kappa shape index (κ3) is 2.65. The first-order valence-corrected chi connectivity index (χ1v) is 6.75. The number of hydrogen-bond donors (Lipinski definition) is 1. The minimum absolute atomic E-state index is 0.559. The van der Waals surface area contributed by atoms with Gasteiger partial charge in [-0.05, 0) is 34.0 Å². The van der Waals surface area contributed by atoms with Crippen LogP contribution in [0.15, 0.2) is 66.7 Å². The molecule has 0 saturated carbocycles. The minimum atomic E-state index is 0.559. The van der Waals surface area contributed by atoms with Crippen LogP contribution in [0.5, 0.6) is 5.75 Å². The van der Waals surface area contributed by atoms with Crippen LogP contribution in [0.25, 0.3) is 10.8 Å². The standard InChI is InChI=1S/C18H17NO/c19-12-14-8-10-17(11-9-14)20-13-16-6-3-5-15-4-1-2-7-18(15)16/h1-11H,12-13,19H2. The van der Waals surface area contributed by atoms with Crippen molar-refractivity contribution in [2.45, 2.75) is 13.2 Å². The van der Waals surface area contributed by atoms with Crippen LogP contribution in [0.4, 0.5) is 0 Å². The maximum absolute atomic E-state index is 5.86. The molecule has 2 nitrogen and oxygen atoms in total. The first-order chi connectivity index (χ1) is 9.86. The van der Waals surface area contributed by atoms with Gasteiger partial charge in [0.05, 0.1) is 0 Å². The highest BCUT2D eigenvalue weighted by molar-refractivity contribution is 5.85. The van der Waals surface area contributed by atoms with E-state index in [0.717, 1.165) is 11.3 Å². The van der Waals surface area contributed by atoms with Crippen LogP contribution in [0, 0.1) is 0 Å². The van der Waals surface area contributed by atoms with Gasteiger partial charge >= 0.3 is 0 Å². The Morgan fingerprint density at radius 1 is 0.800 bits per heavy atom. The van der Waals surface area contributed by atoms with Gasteiger partial charge in [0.15, 0.2) is 0 Å². The van der Waals surface area contributed by atoms with Gasteiger partial charge in [-0.15, -0.1) is 0 Å². The lowest BCUT2D eigenvalue weighted by atomic mass is 10.1. The Kier molecular flexibility index (Phi) is 3.66. The summed E-state index contributed by atoms with van der Waals surface area (Å²) in [5.41, 5.74) is 7.90. The van der Waals surface area contributed by atoms with Crippen LogP contribution in [-0.2, 0) is 13.2 Å². The molecule has 0 aliphatic carbocycles. The Balaban J connectivity index is 1.79. The first kappa shape index (κ1) is 12.7. The molecule has 0 aliphatic rings. The van der Waals surface area contributed by atoms with E-state index in [0.29, 0.717) is 13.2 Å². The molecule has 0 unspecified atom stereocenters. The summed E-state index contributed by atoms with van der Waals surface area (Å²) in [6.45, 7) is 1.13. The smallest absolute Gasteiger partial charge is 0.119 e. The Morgan fingerprint density at radius 2 is 1.55 bits per heavy atom. The lowest BCUT2D eigenvalue weighted by Gasteiger charge is -2.09. The summed E-state index contributed by atoms with van der Waals surface area (Å²) in [7, 11) is 0. The number of hydrogen-bond acceptors (Lipinski definition) is 2. The predicted molar refractivity (Wildman–Crippen MR) is 82.6 cm³/mol. The zero-order valence-corrected chi connectivity index (χ0v) is 11.3.